The molecule has 0 heterocycles. The fourth-order valence-electron chi connectivity index (χ4n) is 3.53. The molecule has 1 aromatic rings. The predicted octanol–water partition coefficient (Wildman–Crippen LogP) is -0.643. The van der Waals surface area contributed by atoms with E-state index < -0.39 is 54.0 Å². The highest BCUT2D eigenvalue weighted by atomic mass is 16.4. The Balaban J connectivity index is 3.17. The summed E-state index contributed by atoms with van der Waals surface area (Å²) >= 11 is 0. The van der Waals surface area contributed by atoms with Crippen LogP contribution in [0, 0.1) is 5.92 Å². The molecule has 6 atom stereocenters. The molecular formula is C25H41N5O7. The number of nitrogens with one attached hydrogen (secondary N) is 3. The molecule has 1 rings (SSSR count). The van der Waals surface area contributed by atoms with Gasteiger partial charge < -0.3 is 42.7 Å². The van der Waals surface area contributed by atoms with Crippen LogP contribution < -0.4 is 27.4 Å². The van der Waals surface area contributed by atoms with Crippen LogP contribution in [0.4, 0.5) is 0 Å². The molecule has 12 nitrogen and oxygen atoms in total. The van der Waals surface area contributed by atoms with E-state index in [2.05, 4.69) is 16.0 Å². The topological polar surface area (TPSA) is 217 Å². The third-order valence-corrected chi connectivity index (χ3v) is 6.19. The minimum Gasteiger partial charge on any atom is -0.508 e. The molecule has 6 unspecified atom stereocenters. The molecule has 0 aliphatic rings. The van der Waals surface area contributed by atoms with Crippen molar-refractivity contribution in [1.29, 1.82) is 0 Å². The number of benzene rings is 1. The Morgan fingerprint density at radius 2 is 1.51 bits per heavy atom. The van der Waals surface area contributed by atoms with Crippen molar-refractivity contribution in [2.45, 2.75) is 83.1 Å². The summed E-state index contributed by atoms with van der Waals surface area (Å²) in [4.78, 5) is 50.6. The molecule has 3 amide bonds. The van der Waals surface area contributed by atoms with E-state index >= 15 is 0 Å². The van der Waals surface area contributed by atoms with Gasteiger partial charge in [0, 0.05) is 6.42 Å². The average molecular weight is 524 g/mol. The predicted molar refractivity (Wildman–Crippen MR) is 137 cm³/mol. The molecule has 0 aliphatic heterocycles. The van der Waals surface area contributed by atoms with Gasteiger partial charge in [0.05, 0.1) is 6.10 Å². The van der Waals surface area contributed by atoms with Gasteiger partial charge in [-0.1, -0.05) is 32.4 Å². The second-order valence-corrected chi connectivity index (χ2v) is 9.25. The number of phenolic OH excluding ortho intramolecular Hbond substituents is 1. The molecule has 10 N–H and O–H groups in total. The maximum Gasteiger partial charge on any atom is 0.326 e. The molecule has 208 valence electrons. The normalized spacial score (nSPS) is 15.9. The zero-order valence-corrected chi connectivity index (χ0v) is 21.6. The van der Waals surface area contributed by atoms with E-state index in [-0.39, 0.29) is 24.5 Å². The summed E-state index contributed by atoms with van der Waals surface area (Å²) in [5, 5.41) is 36.4. The van der Waals surface area contributed by atoms with Crippen LogP contribution in [0.25, 0.3) is 0 Å². The van der Waals surface area contributed by atoms with E-state index in [1.165, 1.54) is 19.1 Å². The van der Waals surface area contributed by atoms with E-state index in [9.17, 15) is 34.5 Å². The summed E-state index contributed by atoms with van der Waals surface area (Å²) in [5.41, 5.74) is 11.8. The number of amides is 3. The maximum atomic E-state index is 13.3. The van der Waals surface area contributed by atoms with E-state index in [0.717, 1.165) is 0 Å². The van der Waals surface area contributed by atoms with Crippen molar-refractivity contribution in [1.82, 2.24) is 16.0 Å². The zero-order valence-electron chi connectivity index (χ0n) is 21.6. The molecule has 0 aromatic heterocycles. The Morgan fingerprint density at radius 1 is 0.919 bits per heavy atom. The summed E-state index contributed by atoms with van der Waals surface area (Å²) in [7, 11) is 0. The highest BCUT2D eigenvalue weighted by Gasteiger charge is 2.33. The van der Waals surface area contributed by atoms with Gasteiger partial charge in [-0.15, -0.1) is 0 Å². The number of rotatable bonds is 16. The summed E-state index contributed by atoms with van der Waals surface area (Å²) in [6.07, 6.45) is 0.634. The third-order valence-electron chi connectivity index (χ3n) is 6.19. The molecule has 12 heteroatoms. The first kappa shape index (κ1) is 31.8. The van der Waals surface area contributed by atoms with Gasteiger partial charge in [-0.2, -0.15) is 0 Å². The van der Waals surface area contributed by atoms with E-state index in [1.54, 1.807) is 19.1 Å². The van der Waals surface area contributed by atoms with Crippen LogP contribution in [0.1, 0.15) is 52.0 Å². The number of phenols is 1. The number of carboxylic acid groups (broad SMARTS) is 1. The van der Waals surface area contributed by atoms with Crippen LogP contribution in [0.5, 0.6) is 5.75 Å². The van der Waals surface area contributed by atoms with Crippen LogP contribution in [-0.2, 0) is 25.6 Å². The molecule has 0 saturated carbocycles. The minimum atomic E-state index is -1.25. The van der Waals surface area contributed by atoms with Crippen LogP contribution >= 0.6 is 0 Å². The molecule has 0 fully saturated rings. The highest BCUT2D eigenvalue weighted by Crippen LogP contribution is 2.14. The number of carbonyl (C=O) groups is 4. The van der Waals surface area contributed by atoms with Crippen LogP contribution in [0.15, 0.2) is 24.3 Å². The lowest BCUT2D eigenvalue weighted by molar-refractivity contribution is -0.142. The quantitative estimate of drug-likeness (QED) is 0.129. The standard InChI is InChI=1S/C25H41N5O7/c1-4-14(2)21(30-23(34)20(27)15(3)31)24(35)29-19(13-16-8-10-17(32)11-9-16)22(33)28-18(25(36)37)7-5-6-12-26/h8-11,14-15,18-21,31-32H,4-7,12-13,26-27H2,1-3H3,(H,28,33)(H,29,35)(H,30,34)(H,36,37). The fourth-order valence-corrected chi connectivity index (χ4v) is 3.53. The largest absolute Gasteiger partial charge is 0.508 e. The number of aliphatic hydroxyl groups excluding tert-OH is 1. The Hall–Kier alpha value is -3.22. The number of nitrogens with two attached hydrogens (primary N) is 2. The number of unbranched alkanes of at least 4 members (excludes halogenated alkanes) is 1. The molecule has 0 bridgehead atoms. The third kappa shape index (κ3) is 10.7. The van der Waals surface area contributed by atoms with Crippen molar-refractivity contribution in [2.75, 3.05) is 6.54 Å². The van der Waals surface area contributed by atoms with Gasteiger partial charge in [-0.25, -0.2) is 4.79 Å². The molecular weight excluding hydrogens is 482 g/mol. The first-order valence-corrected chi connectivity index (χ1v) is 12.5. The molecule has 37 heavy (non-hydrogen) atoms. The van der Waals surface area contributed by atoms with Crippen LogP contribution in [-0.4, -0.2) is 75.8 Å². The summed E-state index contributed by atoms with van der Waals surface area (Å²) in [5.74, 6) is -3.62. The lowest BCUT2D eigenvalue weighted by Crippen LogP contribution is -2.60. The molecule has 0 radical (unpaired) electrons. The van der Waals surface area contributed by atoms with Gasteiger partial charge in [0.15, 0.2) is 0 Å². The number of carbonyl (C=O) groups excluding carboxylic acids is 3. The van der Waals surface area contributed by atoms with Gasteiger partial charge in [-0.3, -0.25) is 14.4 Å². The van der Waals surface area contributed by atoms with Gasteiger partial charge in [0.25, 0.3) is 0 Å². The fraction of sp³-hybridized carbons (Fsp3) is 0.600. The SMILES string of the molecule is CCC(C)C(NC(=O)C(N)C(C)O)C(=O)NC(Cc1ccc(O)cc1)C(=O)NC(CCCCN)C(=O)O. The summed E-state index contributed by atoms with van der Waals surface area (Å²) < 4.78 is 0. The van der Waals surface area contributed by atoms with Gasteiger partial charge in [0.2, 0.25) is 17.7 Å². The maximum absolute atomic E-state index is 13.3. The lowest BCUT2D eigenvalue weighted by atomic mass is 9.96. The Bertz CT molecular complexity index is 894. The van der Waals surface area contributed by atoms with Crippen molar-refractivity contribution >= 4 is 23.7 Å². The van der Waals surface area contributed by atoms with Crippen LogP contribution in [0.2, 0.25) is 0 Å². The van der Waals surface area contributed by atoms with Crippen LogP contribution in [0.3, 0.4) is 0 Å². The molecule has 0 aliphatic carbocycles. The van der Waals surface area contributed by atoms with Gasteiger partial charge in [0.1, 0.15) is 29.9 Å². The van der Waals surface area contributed by atoms with E-state index in [4.69, 9.17) is 11.5 Å². The summed E-state index contributed by atoms with van der Waals surface area (Å²) in [6.45, 7) is 5.31. The van der Waals surface area contributed by atoms with Crippen molar-refractivity contribution < 1.29 is 34.5 Å². The van der Waals surface area contributed by atoms with Gasteiger partial charge in [-0.05, 0) is 56.3 Å². The van der Waals surface area contributed by atoms with Crippen molar-refractivity contribution in [3.8, 4) is 5.75 Å². The number of aromatic hydroxyl groups is 1. The number of aliphatic hydroxyl groups is 1. The minimum absolute atomic E-state index is 0.00134. The van der Waals surface area contributed by atoms with Gasteiger partial charge >= 0.3 is 5.97 Å². The number of carboxylic acids is 1. The number of aliphatic carboxylic acids is 1. The second kappa shape index (κ2) is 15.8. The second-order valence-electron chi connectivity index (χ2n) is 9.25. The molecule has 0 saturated heterocycles. The van der Waals surface area contributed by atoms with E-state index in [1.807, 2.05) is 6.92 Å². The van der Waals surface area contributed by atoms with Crippen molar-refractivity contribution in [3.05, 3.63) is 29.8 Å². The highest BCUT2D eigenvalue weighted by molar-refractivity contribution is 5.94. The lowest BCUT2D eigenvalue weighted by Gasteiger charge is -2.28. The number of hydrogen-bond donors (Lipinski definition) is 8. The van der Waals surface area contributed by atoms with E-state index in [0.29, 0.717) is 31.4 Å². The van der Waals surface area contributed by atoms with Crippen molar-refractivity contribution in [2.24, 2.45) is 17.4 Å². The zero-order chi connectivity index (χ0) is 28.1. The Kier molecular flexibility index (Phi) is 13.6. The molecule has 0 spiro atoms. The Labute approximate surface area is 217 Å². The first-order chi connectivity index (χ1) is 17.4. The smallest absolute Gasteiger partial charge is 0.326 e. The summed E-state index contributed by atoms with van der Waals surface area (Å²) in [6, 6.07) is 1.35. The van der Waals surface area contributed by atoms with Crippen molar-refractivity contribution in [3.63, 3.8) is 0 Å². The number of hydrogen-bond acceptors (Lipinski definition) is 8. The Morgan fingerprint density at radius 3 is 2.03 bits per heavy atom. The average Bonchev–Trinajstić information content (AvgIpc) is 2.86. The molecule has 1 aromatic carbocycles. The first-order valence-electron chi connectivity index (χ1n) is 12.5. The monoisotopic (exact) mass is 523 g/mol.